The third-order valence-electron chi connectivity index (χ3n) is 4.45. The highest BCUT2D eigenvalue weighted by molar-refractivity contribution is 5.28. The molecule has 0 amide bonds. The monoisotopic (exact) mass is 260 g/mol. The van der Waals surface area contributed by atoms with Gasteiger partial charge >= 0.3 is 0 Å². The summed E-state index contributed by atoms with van der Waals surface area (Å²) in [6.07, 6.45) is 1.18. The van der Waals surface area contributed by atoms with E-state index in [1.807, 2.05) is 0 Å². The normalized spacial score (nSPS) is 28.6. The molecule has 1 heterocycles. The van der Waals surface area contributed by atoms with Crippen LogP contribution in [0, 0.1) is 13.8 Å². The molecule has 1 aliphatic rings. The zero-order valence-electron chi connectivity index (χ0n) is 13.1. The quantitative estimate of drug-likeness (QED) is 0.897. The minimum absolute atomic E-state index is 0.269. The van der Waals surface area contributed by atoms with Crippen LogP contribution in [0.4, 0.5) is 0 Å². The Hall–Kier alpha value is -0.860. The largest absolute Gasteiger partial charge is 0.309 e. The van der Waals surface area contributed by atoms with Gasteiger partial charge in [0.1, 0.15) is 0 Å². The maximum Gasteiger partial charge on any atom is 0.0278 e. The Morgan fingerprint density at radius 1 is 1.26 bits per heavy atom. The molecule has 1 aromatic rings. The van der Waals surface area contributed by atoms with Crippen molar-refractivity contribution >= 4 is 0 Å². The average molecular weight is 260 g/mol. The van der Waals surface area contributed by atoms with Crippen molar-refractivity contribution in [3.63, 3.8) is 0 Å². The van der Waals surface area contributed by atoms with Crippen molar-refractivity contribution in [2.45, 2.75) is 59.2 Å². The number of benzene rings is 1. The van der Waals surface area contributed by atoms with Gasteiger partial charge in [0, 0.05) is 31.2 Å². The van der Waals surface area contributed by atoms with E-state index < -0.39 is 0 Å². The number of piperazine rings is 1. The lowest BCUT2D eigenvalue weighted by Gasteiger charge is -2.45. The second-order valence-electron chi connectivity index (χ2n) is 6.55. The van der Waals surface area contributed by atoms with Crippen LogP contribution < -0.4 is 5.32 Å². The molecule has 2 heteroatoms. The first-order valence-corrected chi connectivity index (χ1v) is 7.48. The molecule has 0 radical (unpaired) electrons. The minimum atomic E-state index is 0.269. The van der Waals surface area contributed by atoms with Crippen LogP contribution in [0.25, 0.3) is 0 Å². The Bertz CT molecular complexity index is 421. The predicted octanol–water partition coefficient (Wildman–Crippen LogP) is 3.27. The SMILES string of the molecule is CCC1(C)CN(Cc2cc(C)cc(C)c2)C(C)CN1. The third kappa shape index (κ3) is 3.58. The van der Waals surface area contributed by atoms with Gasteiger partial charge in [0.25, 0.3) is 0 Å². The molecule has 2 atom stereocenters. The van der Waals surface area contributed by atoms with E-state index in [0.717, 1.165) is 19.6 Å². The lowest BCUT2D eigenvalue weighted by Crippen LogP contribution is -2.61. The Labute approximate surface area is 118 Å². The van der Waals surface area contributed by atoms with E-state index in [2.05, 4.69) is 63.0 Å². The Morgan fingerprint density at radius 2 is 1.89 bits per heavy atom. The predicted molar refractivity (Wildman–Crippen MR) is 82.5 cm³/mol. The van der Waals surface area contributed by atoms with Crippen LogP contribution in [0.5, 0.6) is 0 Å². The van der Waals surface area contributed by atoms with Crippen LogP contribution in [0.1, 0.15) is 43.9 Å². The highest BCUT2D eigenvalue weighted by Gasteiger charge is 2.32. The summed E-state index contributed by atoms with van der Waals surface area (Å²) < 4.78 is 0. The molecule has 2 nitrogen and oxygen atoms in total. The molecule has 1 fully saturated rings. The third-order valence-corrected chi connectivity index (χ3v) is 4.45. The van der Waals surface area contributed by atoms with Gasteiger partial charge < -0.3 is 5.32 Å². The van der Waals surface area contributed by atoms with Crippen LogP contribution in [-0.4, -0.2) is 29.6 Å². The molecule has 1 aliphatic heterocycles. The minimum Gasteiger partial charge on any atom is -0.309 e. The molecule has 0 bridgehead atoms. The smallest absolute Gasteiger partial charge is 0.0278 e. The fourth-order valence-corrected chi connectivity index (χ4v) is 3.03. The molecule has 1 N–H and O–H groups in total. The van der Waals surface area contributed by atoms with E-state index in [9.17, 15) is 0 Å². The molecule has 0 spiro atoms. The van der Waals surface area contributed by atoms with Crippen molar-refractivity contribution in [2.75, 3.05) is 13.1 Å². The van der Waals surface area contributed by atoms with Gasteiger partial charge in [-0.2, -0.15) is 0 Å². The van der Waals surface area contributed by atoms with Gasteiger partial charge in [-0.25, -0.2) is 0 Å². The number of nitrogens with one attached hydrogen (secondary N) is 1. The van der Waals surface area contributed by atoms with E-state index in [-0.39, 0.29) is 5.54 Å². The number of hydrogen-bond donors (Lipinski definition) is 1. The van der Waals surface area contributed by atoms with Gasteiger partial charge in [-0.15, -0.1) is 0 Å². The first kappa shape index (κ1) is 14.5. The molecule has 0 saturated carbocycles. The van der Waals surface area contributed by atoms with Crippen molar-refractivity contribution in [2.24, 2.45) is 0 Å². The molecular formula is C17H28N2. The average Bonchev–Trinajstić information content (AvgIpc) is 2.33. The zero-order valence-corrected chi connectivity index (χ0v) is 13.1. The molecule has 2 unspecified atom stereocenters. The van der Waals surface area contributed by atoms with Crippen molar-refractivity contribution in [1.82, 2.24) is 10.2 Å². The van der Waals surface area contributed by atoms with Gasteiger partial charge in [0.2, 0.25) is 0 Å². The van der Waals surface area contributed by atoms with E-state index in [4.69, 9.17) is 0 Å². The number of nitrogens with zero attached hydrogens (tertiary/aromatic N) is 1. The fraction of sp³-hybridized carbons (Fsp3) is 0.647. The van der Waals surface area contributed by atoms with Crippen LogP contribution >= 0.6 is 0 Å². The van der Waals surface area contributed by atoms with Crippen molar-refractivity contribution in [3.05, 3.63) is 34.9 Å². The fourth-order valence-electron chi connectivity index (χ4n) is 3.03. The van der Waals surface area contributed by atoms with E-state index >= 15 is 0 Å². The van der Waals surface area contributed by atoms with E-state index in [1.165, 1.54) is 23.1 Å². The number of hydrogen-bond acceptors (Lipinski definition) is 2. The Kier molecular flexibility index (Phi) is 4.32. The molecule has 0 aromatic heterocycles. The summed E-state index contributed by atoms with van der Waals surface area (Å²) in [6.45, 7) is 14.6. The van der Waals surface area contributed by atoms with Crippen LogP contribution in [0.15, 0.2) is 18.2 Å². The molecule has 1 saturated heterocycles. The Morgan fingerprint density at radius 3 is 2.47 bits per heavy atom. The molecule has 1 aromatic carbocycles. The van der Waals surface area contributed by atoms with Crippen molar-refractivity contribution in [3.8, 4) is 0 Å². The van der Waals surface area contributed by atoms with Crippen molar-refractivity contribution in [1.29, 1.82) is 0 Å². The van der Waals surface area contributed by atoms with Crippen LogP contribution in [0.3, 0.4) is 0 Å². The summed E-state index contributed by atoms with van der Waals surface area (Å²) in [6, 6.07) is 7.51. The molecule has 19 heavy (non-hydrogen) atoms. The highest BCUT2D eigenvalue weighted by Crippen LogP contribution is 2.21. The van der Waals surface area contributed by atoms with Crippen molar-refractivity contribution < 1.29 is 0 Å². The summed E-state index contributed by atoms with van der Waals surface area (Å²) in [5.41, 5.74) is 4.46. The van der Waals surface area contributed by atoms with Gasteiger partial charge in [0.15, 0.2) is 0 Å². The topological polar surface area (TPSA) is 15.3 Å². The van der Waals surface area contributed by atoms with Gasteiger partial charge in [-0.05, 0) is 39.7 Å². The summed E-state index contributed by atoms with van der Waals surface area (Å²) >= 11 is 0. The maximum atomic E-state index is 3.69. The molecule has 0 aliphatic carbocycles. The standard InChI is InChI=1S/C17H28N2/c1-6-17(5)12-19(15(4)10-18-17)11-16-8-13(2)7-14(3)9-16/h7-9,15,18H,6,10-12H2,1-5H3. The van der Waals surface area contributed by atoms with Gasteiger partial charge in [-0.1, -0.05) is 36.2 Å². The lowest BCUT2D eigenvalue weighted by atomic mass is 9.93. The number of aryl methyl sites for hydroxylation is 2. The van der Waals surface area contributed by atoms with Gasteiger partial charge in [0.05, 0.1) is 0 Å². The summed E-state index contributed by atoms with van der Waals surface area (Å²) in [5, 5.41) is 3.69. The van der Waals surface area contributed by atoms with E-state index in [0.29, 0.717) is 6.04 Å². The second kappa shape index (κ2) is 5.64. The van der Waals surface area contributed by atoms with Gasteiger partial charge in [-0.3, -0.25) is 4.90 Å². The second-order valence-corrected chi connectivity index (χ2v) is 6.55. The highest BCUT2D eigenvalue weighted by atomic mass is 15.2. The van der Waals surface area contributed by atoms with E-state index in [1.54, 1.807) is 0 Å². The molecule has 2 rings (SSSR count). The van der Waals surface area contributed by atoms with Crippen LogP contribution in [-0.2, 0) is 6.54 Å². The van der Waals surface area contributed by atoms with Crippen LogP contribution in [0.2, 0.25) is 0 Å². The molecule has 106 valence electrons. The lowest BCUT2D eigenvalue weighted by molar-refractivity contribution is 0.0866. The zero-order chi connectivity index (χ0) is 14.0. The first-order valence-electron chi connectivity index (χ1n) is 7.48. The Balaban J connectivity index is 2.12. The molecular weight excluding hydrogens is 232 g/mol. The first-order chi connectivity index (χ1) is 8.92. The number of rotatable bonds is 3. The maximum absolute atomic E-state index is 3.69. The summed E-state index contributed by atoms with van der Waals surface area (Å²) in [4.78, 5) is 2.62. The summed E-state index contributed by atoms with van der Waals surface area (Å²) in [7, 11) is 0. The summed E-state index contributed by atoms with van der Waals surface area (Å²) in [5.74, 6) is 0.